The van der Waals surface area contributed by atoms with Crippen LogP contribution in [0.3, 0.4) is 0 Å². The number of hydrogen-bond donors (Lipinski definition) is 5. The van der Waals surface area contributed by atoms with Gasteiger partial charge >= 0.3 is 12.1 Å². The molecule has 0 spiro atoms. The van der Waals surface area contributed by atoms with Gasteiger partial charge in [0, 0.05) is 20.5 Å². The van der Waals surface area contributed by atoms with Gasteiger partial charge in [0.25, 0.3) is 0 Å². The normalized spacial score (nSPS) is 13.0. The molecular weight excluding hydrogens is 586 g/mol. The molecular formula is C31H41N5O9. The lowest BCUT2D eigenvalue weighted by molar-refractivity contribution is -0.149. The van der Waals surface area contributed by atoms with E-state index in [0.29, 0.717) is 11.1 Å². The van der Waals surface area contributed by atoms with E-state index in [1.165, 1.54) is 26.2 Å². The van der Waals surface area contributed by atoms with Crippen LogP contribution in [0, 0.1) is 5.92 Å². The number of carbonyl (C=O) groups is 6. The number of hydrogen-bond acceptors (Lipinski definition) is 8. The molecule has 2 aromatic carbocycles. The lowest BCUT2D eigenvalue weighted by Crippen LogP contribution is -2.57. The number of ether oxygens (including phenoxy) is 1. The number of nitrogens with one attached hydrogen (secondary N) is 2. The summed E-state index contributed by atoms with van der Waals surface area (Å²) in [4.78, 5) is 78.3. The first kappa shape index (κ1) is 36.1. The molecule has 0 aliphatic rings. The van der Waals surface area contributed by atoms with E-state index in [-0.39, 0.29) is 18.6 Å². The fourth-order valence-electron chi connectivity index (χ4n) is 4.25. The number of carboxylic acids is 1. The Bertz CT molecular complexity index is 1360. The molecule has 14 nitrogen and oxygen atoms in total. The van der Waals surface area contributed by atoms with E-state index in [1.54, 1.807) is 63.2 Å². The molecule has 1 unspecified atom stereocenters. The number of benzene rings is 2. The number of likely N-dealkylation sites (N-methyl/N-ethyl adjacent to an activating group) is 2. The highest BCUT2D eigenvalue weighted by Crippen LogP contribution is 2.17. The van der Waals surface area contributed by atoms with Crippen LogP contribution in [0.1, 0.15) is 31.9 Å². The molecule has 0 saturated carbocycles. The second-order valence-electron chi connectivity index (χ2n) is 11.6. The zero-order chi connectivity index (χ0) is 33.9. The van der Waals surface area contributed by atoms with Gasteiger partial charge in [-0.25, -0.2) is 4.79 Å². The predicted octanol–water partition coefficient (Wildman–Crippen LogP) is 0.658. The van der Waals surface area contributed by atoms with Crippen molar-refractivity contribution in [1.82, 2.24) is 20.4 Å². The maximum Gasteiger partial charge on any atom is 0.410 e. The number of primary amides is 1. The maximum atomic E-state index is 13.6. The first-order valence-electron chi connectivity index (χ1n) is 14.1. The molecule has 0 saturated heterocycles. The summed E-state index contributed by atoms with van der Waals surface area (Å²) in [5, 5.41) is 24.5. The minimum atomic E-state index is -1.64. The van der Waals surface area contributed by atoms with Crippen LogP contribution in [0.2, 0.25) is 0 Å². The van der Waals surface area contributed by atoms with E-state index in [4.69, 9.17) is 10.5 Å². The van der Waals surface area contributed by atoms with Gasteiger partial charge in [0.15, 0.2) is 0 Å². The second-order valence-corrected chi connectivity index (χ2v) is 11.6. The SMILES string of the molecule is CN(CC(=O)N[C@H](C(=O)N(C)CC(=O)N[C@@H](Cc1ccc(O)cc1)C(N)=O)C(Cc1ccccc1)C(=O)O)C(=O)OC(C)(C)C. The maximum absolute atomic E-state index is 13.6. The van der Waals surface area contributed by atoms with Crippen LogP contribution in [-0.4, -0.2) is 101 Å². The summed E-state index contributed by atoms with van der Waals surface area (Å²) in [5.74, 6) is -6.13. The van der Waals surface area contributed by atoms with Gasteiger partial charge in [0.1, 0.15) is 30.0 Å². The molecule has 0 aliphatic heterocycles. The van der Waals surface area contributed by atoms with E-state index >= 15 is 0 Å². The van der Waals surface area contributed by atoms with Crippen LogP contribution in [0.4, 0.5) is 4.79 Å². The minimum Gasteiger partial charge on any atom is -0.508 e. The van der Waals surface area contributed by atoms with Crippen LogP contribution >= 0.6 is 0 Å². The summed E-state index contributed by atoms with van der Waals surface area (Å²) in [7, 11) is 2.56. The topological polar surface area (TPSA) is 209 Å². The number of rotatable bonds is 14. The average Bonchev–Trinajstić information content (AvgIpc) is 2.94. The standard InChI is InChI=1S/C31H41N5O9/c1-31(2,3)45-30(44)36(5)18-25(39)34-26(22(29(42)43)15-19-9-7-6-8-10-19)28(41)35(4)17-24(38)33-23(27(32)40)16-20-11-13-21(37)14-12-20/h6-14,22-23,26,37H,15-18H2,1-5H3,(H2,32,40)(H,33,38)(H,34,39)(H,42,43)/t22?,23-,26-/m0/s1. The number of phenolic OH excluding ortho intramolecular Hbond substituents is 1. The molecule has 0 fully saturated rings. The second kappa shape index (κ2) is 16.1. The van der Waals surface area contributed by atoms with Gasteiger partial charge in [-0.2, -0.15) is 0 Å². The number of phenols is 1. The van der Waals surface area contributed by atoms with Gasteiger partial charge in [0.2, 0.25) is 23.6 Å². The third-order valence-corrected chi connectivity index (χ3v) is 6.50. The minimum absolute atomic E-state index is 0.0149. The van der Waals surface area contributed by atoms with Gasteiger partial charge in [-0.15, -0.1) is 0 Å². The molecule has 0 aliphatic carbocycles. The smallest absolute Gasteiger partial charge is 0.410 e. The van der Waals surface area contributed by atoms with Crippen LogP contribution in [0.15, 0.2) is 54.6 Å². The number of nitrogens with zero attached hydrogens (tertiary/aromatic N) is 2. The fourth-order valence-corrected chi connectivity index (χ4v) is 4.25. The Hall–Kier alpha value is -5.14. The van der Waals surface area contributed by atoms with E-state index in [9.17, 15) is 39.0 Å². The highest BCUT2D eigenvalue weighted by atomic mass is 16.6. The van der Waals surface area contributed by atoms with Crippen molar-refractivity contribution in [3.8, 4) is 5.75 Å². The molecule has 6 N–H and O–H groups in total. The quantitative estimate of drug-likeness (QED) is 0.199. The predicted molar refractivity (Wildman–Crippen MR) is 163 cm³/mol. The van der Waals surface area contributed by atoms with Crippen molar-refractivity contribution in [2.45, 2.75) is 51.3 Å². The zero-order valence-corrected chi connectivity index (χ0v) is 26.0. The summed E-state index contributed by atoms with van der Waals surface area (Å²) in [6, 6.07) is 11.6. The van der Waals surface area contributed by atoms with Crippen LogP contribution < -0.4 is 16.4 Å². The number of aromatic hydroxyl groups is 1. The number of aliphatic carboxylic acids is 1. The molecule has 2 rings (SSSR count). The average molecular weight is 628 g/mol. The van der Waals surface area contributed by atoms with Crippen molar-refractivity contribution in [2.75, 3.05) is 27.2 Å². The lowest BCUT2D eigenvalue weighted by Gasteiger charge is -2.30. The summed E-state index contributed by atoms with van der Waals surface area (Å²) in [6.07, 6.45) is -0.920. The Kier molecular flexibility index (Phi) is 12.9. The Labute approximate surface area is 261 Å². The number of nitrogens with two attached hydrogens (primary N) is 1. The van der Waals surface area contributed by atoms with Crippen molar-refractivity contribution in [1.29, 1.82) is 0 Å². The zero-order valence-electron chi connectivity index (χ0n) is 26.0. The van der Waals surface area contributed by atoms with Crippen molar-refractivity contribution < 1.29 is 43.7 Å². The van der Waals surface area contributed by atoms with Gasteiger partial charge < -0.3 is 41.1 Å². The van der Waals surface area contributed by atoms with E-state index < -0.39 is 72.4 Å². The fraction of sp³-hybridized carbons (Fsp3) is 0.419. The Balaban J connectivity index is 2.24. The molecule has 0 aromatic heterocycles. The molecule has 5 amide bonds. The van der Waals surface area contributed by atoms with Gasteiger partial charge in [-0.05, 0) is 50.5 Å². The van der Waals surface area contributed by atoms with Crippen molar-refractivity contribution in [2.24, 2.45) is 11.7 Å². The molecule has 14 heteroatoms. The Morgan fingerprint density at radius 2 is 1.36 bits per heavy atom. The molecule has 0 radical (unpaired) electrons. The number of carboxylic acid groups (broad SMARTS) is 1. The summed E-state index contributed by atoms with van der Waals surface area (Å²) in [6.45, 7) is 3.82. The third kappa shape index (κ3) is 12.2. The van der Waals surface area contributed by atoms with Crippen LogP contribution in [-0.2, 0) is 41.6 Å². The highest BCUT2D eigenvalue weighted by molar-refractivity contribution is 5.95. The Morgan fingerprint density at radius 3 is 1.89 bits per heavy atom. The molecule has 2 aromatic rings. The van der Waals surface area contributed by atoms with Crippen molar-refractivity contribution in [3.05, 3.63) is 65.7 Å². The largest absolute Gasteiger partial charge is 0.508 e. The Morgan fingerprint density at radius 1 is 0.822 bits per heavy atom. The first-order chi connectivity index (χ1) is 21.0. The van der Waals surface area contributed by atoms with Crippen molar-refractivity contribution >= 4 is 35.7 Å². The van der Waals surface area contributed by atoms with Crippen LogP contribution in [0.25, 0.3) is 0 Å². The molecule has 3 atom stereocenters. The monoisotopic (exact) mass is 627 g/mol. The molecule has 45 heavy (non-hydrogen) atoms. The first-order valence-corrected chi connectivity index (χ1v) is 14.1. The molecule has 0 heterocycles. The van der Waals surface area contributed by atoms with E-state index in [1.807, 2.05) is 0 Å². The van der Waals surface area contributed by atoms with Gasteiger partial charge in [0.05, 0.1) is 12.5 Å². The van der Waals surface area contributed by atoms with Gasteiger partial charge in [-0.1, -0.05) is 42.5 Å². The summed E-state index contributed by atoms with van der Waals surface area (Å²) >= 11 is 0. The lowest BCUT2D eigenvalue weighted by atomic mass is 9.91. The molecule has 0 bridgehead atoms. The van der Waals surface area contributed by atoms with E-state index in [2.05, 4.69) is 10.6 Å². The highest BCUT2D eigenvalue weighted by Gasteiger charge is 2.38. The van der Waals surface area contributed by atoms with E-state index in [0.717, 1.165) is 9.80 Å². The van der Waals surface area contributed by atoms with Gasteiger partial charge in [-0.3, -0.25) is 24.0 Å². The third-order valence-electron chi connectivity index (χ3n) is 6.50. The van der Waals surface area contributed by atoms with Crippen molar-refractivity contribution in [3.63, 3.8) is 0 Å². The number of amides is 5. The summed E-state index contributed by atoms with van der Waals surface area (Å²) < 4.78 is 5.24. The number of carbonyl (C=O) groups excluding carboxylic acids is 5. The molecule has 244 valence electrons. The summed E-state index contributed by atoms with van der Waals surface area (Å²) in [5.41, 5.74) is 5.82. The van der Waals surface area contributed by atoms with Crippen LogP contribution in [0.5, 0.6) is 5.75 Å².